The van der Waals surface area contributed by atoms with Crippen LogP contribution < -0.4 is 9.47 Å². The van der Waals surface area contributed by atoms with Gasteiger partial charge >= 0.3 is 0 Å². The summed E-state index contributed by atoms with van der Waals surface area (Å²) in [6.07, 6.45) is -0.191. The second-order valence-electron chi connectivity index (χ2n) is 6.55. The van der Waals surface area contributed by atoms with Gasteiger partial charge in [0.15, 0.2) is 11.5 Å². The van der Waals surface area contributed by atoms with E-state index in [-0.39, 0.29) is 11.7 Å². The second-order valence-corrected chi connectivity index (χ2v) is 6.55. The number of rotatable bonds is 1. The monoisotopic (exact) mass is 260 g/mol. The number of furan rings is 1. The maximum atomic E-state index is 5.92. The minimum absolute atomic E-state index is 0.00560. The van der Waals surface area contributed by atoms with Gasteiger partial charge in [0.05, 0.1) is 0 Å². The number of benzene rings is 1. The number of ether oxygens (including phenoxy) is 2. The van der Waals surface area contributed by atoms with Crippen LogP contribution in [0, 0.1) is 5.92 Å². The highest BCUT2D eigenvalue weighted by molar-refractivity contribution is 5.82. The van der Waals surface area contributed by atoms with Crippen LogP contribution in [0.15, 0.2) is 22.6 Å². The SMILES string of the molecule is CC(C)C1Oc2cc3cc(C(C)(C)C)oc3cc2O1. The van der Waals surface area contributed by atoms with Gasteiger partial charge in [-0.2, -0.15) is 0 Å². The quantitative estimate of drug-likeness (QED) is 0.757. The molecule has 3 rings (SSSR count). The third-order valence-electron chi connectivity index (χ3n) is 3.35. The highest BCUT2D eigenvalue weighted by atomic mass is 16.7. The topological polar surface area (TPSA) is 31.6 Å². The van der Waals surface area contributed by atoms with Gasteiger partial charge < -0.3 is 13.9 Å². The van der Waals surface area contributed by atoms with Gasteiger partial charge in [-0.15, -0.1) is 0 Å². The van der Waals surface area contributed by atoms with Crippen molar-refractivity contribution in [3.8, 4) is 11.5 Å². The average molecular weight is 260 g/mol. The molecule has 3 heteroatoms. The minimum Gasteiger partial charge on any atom is -0.460 e. The van der Waals surface area contributed by atoms with Gasteiger partial charge in [0, 0.05) is 22.8 Å². The first kappa shape index (κ1) is 12.4. The Morgan fingerprint density at radius 1 is 1.00 bits per heavy atom. The molecule has 0 radical (unpaired) electrons. The van der Waals surface area contributed by atoms with E-state index < -0.39 is 0 Å². The molecule has 1 unspecified atom stereocenters. The first-order valence-electron chi connectivity index (χ1n) is 6.76. The average Bonchev–Trinajstić information content (AvgIpc) is 2.86. The molecule has 1 aromatic carbocycles. The molecule has 0 aliphatic carbocycles. The van der Waals surface area contributed by atoms with Gasteiger partial charge in [0.1, 0.15) is 11.3 Å². The van der Waals surface area contributed by atoms with Crippen molar-refractivity contribution in [2.75, 3.05) is 0 Å². The van der Waals surface area contributed by atoms with Gasteiger partial charge in [-0.05, 0) is 12.1 Å². The molecule has 0 fully saturated rings. The van der Waals surface area contributed by atoms with Crippen molar-refractivity contribution < 1.29 is 13.9 Å². The van der Waals surface area contributed by atoms with Crippen molar-refractivity contribution in [2.45, 2.75) is 46.3 Å². The Labute approximate surface area is 113 Å². The zero-order valence-corrected chi connectivity index (χ0v) is 12.1. The van der Waals surface area contributed by atoms with E-state index in [1.165, 1.54) is 0 Å². The summed E-state index contributed by atoms with van der Waals surface area (Å²) in [7, 11) is 0. The molecule has 2 aromatic rings. The summed E-state index contributed by atoms with van der Waals surface area (Å²) in [5.74, 6) is 2.89. The second kappa shape index (κ2) is 3.92. The maximum Gasteiger partial charge on any atom is 0.243 e. The zero-order valence-electron chi connectivity index (χ0n) is 12.1. The fraction of sp³-hybridized carbons (Fsp3) is 0.500. The molecule has 0 bridgehead atoms. The van der Waals surface area contributed by atoms with E-state index >= 15 is 0 Å². The lowest BCUT2D eigenvalue weighted by Gasteiger charge is -2.13. The van der Waals surface area contributed by atoms with Crippen LogP contribution in [-0.4, -0.2) is 6.29 Å². The summed E-state index contributed by atoms with van der Waals surface area (Å²) in [6, 6.07) is 6.02. The summed E-state index contributed by atoms with van der Waals surface area (Å²) < 4.78 is 17.5. The van der Waals surface area contributed by atoms with Crippen molar-refractivity contribution >= 4 is 11.0 Å². The van der Waals surface area contributed by atoms with E-state index in [0.717, 1.165) is 28.2 Å². The lowest BCUT2D eigenvalue weighted by Crippen LogP contribution is -2.24. The largest absolute Gasteiger partial charge is 0.460 e. The van der Waals surface area contributed by atoms with Crippen LogP contribution in [0.4, 0.5) is 0 Å². The van der Waals surface area contributed by atoms with E-state index in [1.54, 1.807) is 0 Å². The fourth-order valence-electron chi connectivity index (χ4n) is 2.15. The molecule has 0 amide bonds. The van der Waals surface area contributed by atoms with Crippen molar-refractivity contribution in [3.05, 3.63) is 24.0 Å². The summed E-state index contributed by atoms with van der Waals surface area (Å²) in [6.45, 7) is 10.6. The van der Waals surface area contributed by atoms with Crippen LogP contribution in [-0.2, 0) is 5.41 Å². The Morgan fingerprint density at radius 2 is 1.63 bits per heavy atom. The maximum absolute atomic E-state index is 5.92. The van der Waals surface area contributed by atoms with Crippen LogP contribution in [0.3, 0.4) is 0 Å². The molecule has 102 valence electrons. The van der Waals surface area contributed by atoms with Crippen molar-refractivity contribution in [1.82, 2.24) is 0 Å². The molecule has 1 aromatic heterocycles. The van der Waals surface area contributed by atoms with Crippen LogP contribution in [0.5, 0.6) is 11.5 Å². The van der Waals surface area contributed by atoms with E-state index in [9.17, 15) is 0 Å². The number of hydrogen-bond acceptors (Lipinski definition) is 3. The molecule has 0 saturated heterocycles. The zero-order chi connectivity index (χ0) is 13.8. The summed E-state index contributed by atoms with van der Waals surface area (Å²) in [4.78, 5) is 0. The first-order chi connectivity index (χ1) is 8.84. The minimum atomic E-state index is -0.191. The molecule has 1 atom stereocenters. The third kappa shape index (κ3) is 2.07. The van der Waals surface area contributed by atoms with Crippen molar-refractivity contribution in [3.63, 3.8) is 0 Å². The van der Waals surface area contributed by atoms with Gasteiger partial charge in [-0.1, -0.05) is 34.6 Å². The van der Waals surface area contributed by atoms with Crippen LogP contribution in [0.25, 0.3) is 11.0 Å². The molecule has 0 N–H and O–H groups in total. The van der Waals surface area contributed by atoms with Crippen molar-refractivity contribution in [2.24, 2.45) is 5.92 Å². The Balaban J connectivity index is 2.03. The molecular formula is C16H20O3. The lowest BCUT2D eigenvalue weighted by molar-refractivity contribution is 0.00914. The Morgan fingerprint density at radius 3 is 2.21 bits per heavy atom. The van der Waals surface area contributed by atoms with Gasteiger partial charge in [-0.25, -0.2) is 0 Å². The molecule has 2 heterocycles. The molecule has 1 aliphatic heterocycles. The summed E-state index contributed by atoms with van der Waals surface area (Å²) in [5, 5.41) is 1.07. The molecule has 3 nitrogen and oxygen atoms in total. The smallest absolute Gasteiger partial charge is 0.243 e. The third-order valence-corrected chi connectivity index (χ3v) is 3.35. The Hall–Kier alpha value is -1.64. The molecule has 0 saturated carbocycles. The van der Waals surface area contributed by atoms with Gasteiger partial charge in [0.25, 0.3) is 0 Å². The summed E-state index contributed by atoms with van der Waals surface area (Å²) >= 11 is 0. The van der Waals surface area contributed by atoms with E-state index in [1.807, 2.05) is 12.1 Å². The van der Waals surface area contributed by atoms with Crippen LogP contribution in [0.2, 0.25) is 0 Å². The predicted molar refractivity (Wildman–Crippen MR) is 74.8 cm³/mol. The molecule has 1 aliphatic rings. The first-order valence-corrected chi connectivity index (χ1v) is 6.76. The van der Waals surface area contributed by atoms with E-state index in [0.29, 0.717) is 5.92 Å². The lowest BCUT2D eigenvalue weighted by atomic mass is 9.93. The van der Waals surface area contributed by atoms with E-state index in [2.05, 4.69) is 40.7 Å². The highest BCUT2D eigenvalue weighted by Crippen LogP contribution is 2.41. The fourth-order valence-corrected chi connectivity index (χ4v) is 2.15. The van der Waals surface area contributed by atoms with Crippen LogP contribution >= 0.6 is 0 Å². The molecule has 0 spiro atoms. The Bertz CT molecular complexity index is 574. The van der Waals surface area contributed by atoms with Gasteiger partial charge in [0.2, 0.25) is 6.29 Å². The molecule has 19 heavy (non-hydrogen) atoms. The Kier molecular flexibility index (Phi) is 2.56. The highest BCUT2D eigenvalue weighted by Gasteiger charge is 2.28. The number of fused-ring (bicyclic) bond motifs is 2. The van der Waals surface area contributed by atoms with Crippen LogP contribution in [0.1, 0.15) is 40.4 Å². The molecular weight excluding hydrogens is 240 g/mol. The summed E-state index contributed by atoms with van der Waals surface area (Å²) in [5.41, 5.74) is 0.864. The van der Waals surface area contributed by atoms with E-state index in [4.69, 9.17) is 13.9 Å². The van der Waals surface area contributed by atoms with Crippen molar-refractivity contribution in [1.29, 1.82) is 0 Å². The normalized spacial score (nSPS) is 18.5. The standard InChI is InChI=1S/C16H20O3/c1-9(2)15-18-12-6-10-7-14(16(3,4)5)17-11(10)8-13(12)19-15/h6-9,15H,1-5H3. The predicted octanol–water partition coefficient (Wildman–Crippen LogP) is 4.48. The number of hydrogen-bond donors (Lipinski definition) is 0. The van der Waals surface area contributed by atoms with Gasteiger partial charge in [-0.3, -0.25) is 0 Å².